The molecule has 7 heteroatoms. The first-order valence-corrected chi connectivity index (χ1v) is 8.89. The van der Waals surface area contributed by atoms with E-state index in [0.717, 1.165) is 13.0 Å². The summed E-state index contributed by atoms with van der Waals surface area (Å²) < 4.78 is 10.4. The number of ether oxygens (including phenoxy) is 2. The molecule has 3 rings (SSSR count). The van der Waals surface area contributed by atoms with Crippen LogP contribution in [0.4, 0.5) is 0 Å². The van der Waals surface area contributed by atoms with E-state index in [1.54, 1.807) is 4.90 Å². The van der Waals surface area contributed by atoms with Gasteiger partial charge in [0.15, 0.2) is 5.66 Å². The lowest BCUT2D eigenvalue weighted by atomic mass is 9.83. The van der Waals surface area contributed by atoms with Crippen LogP contribution in [-0.4, -0.2) is 55.9 Å². The normalized spacial score (nSPS) is 29.4. The van der Waals surface area contributed by atoms with E-state index in [9.17, 15) is 9.59 Å². The van der Waals surface area contributed by atoms with Crippen molar-refractivity contribution in [3.8, 4) is 12.3 Å². The Balaban J connectivity index is 1.56. The fourth-order valence-electron chi connectivity index (χ4n) is 3.93. The quantitative estimate of drug-likeness (QED) is 0.518. The molecule has 1 unspecified atom stereocenters. The predicted octanol–water partition coefficient (Wildman–Crippen LogP) is 1.63. The average molecular weight is 347 g/mol. The van der Waals surface area contributed by atoms with Gasteiger partial charge in [-0.3, -0.25) is 9.59 Å². The largest absolute Gasteiger partial charge is 0.469 e. The van der Waals surface area contributed by atoms with Crippen LogP contribution in [0.2, 0.25) is 0 Å². The van der Waals surface area contributed by atoms with E-state index < -0.39 is 5.66 Å². The van der Waals surface area contributed by atoms with E-state index in [1.807, 2.05) is 0 Å². The molecule has 0 spiro atoms. The second kappa shape index (κ2) is 7.52. The zero-order chi connectivity index (χ0) is 17.9. The number of rotatable bonds is 7. The van der Waals surface area contributed by atoms with Crippen LogP contribution in [0.1, 0.15) is 32.1 Å². The fraction of sp³-hybridized carbons (Fsp3) is 0.778. The lowest BCUT2D eigenvalue weighted by Gasteiger charge is -2.21. The van der Waals surface area contributed by atoms with Crippen LogP contribution in [0.3, 0.4) is 0 Å². The van der Waals surface area contributed by atoms with Gasteiger partial charge in [-0.25, -0.2) is 0 Å². The molecule has 2 saturated heterocycles. The zero-order valence-electron chi connectivity index (χ0n) is 14.6. The first-order valence-electron chi connectivity index (χ1n) is 8.89. The van der Waals surface area contributed by atoms with E-state index in [0.29, 0.717) is 51.3 Å². The molecule has 3 aliphatic rings. The number of likely N-dealkylation sites (tertiary alicyclic amines) is 1. The third-order valence-electron chi connectivity index (χ3n) is 5.58. The maximum atomic E-state index is 12.6. The van der Waals surface area contributed by atoms with Gasteiger partial charge in [0.25, 0.3) is 0 Å². The Labute approximate surface area is 148 Å². The highest BCUT2D eigenvalue weighted by Crippen LogP contribution is 2.39. The molecule has 3 atom stereocenters. The molecule has 25 heavy (non-hydrogen) atoms. The first-order chi connectivity index (χ1) is 12.1. The zero-order valence-corrected chi connectivity index (χ0v) is 14.6. The number of amides is 1. The van der Waals surface area contributed by atoms with Crippen LogP contribution < -0.4 is 0 Å². The second-order valence-electron chi connectivity index (χ2n) is 7.10. The molecule has 0 bridgehead atoms. The van der Waals surface area contributed by atoms with Crippen LogP contribution in [-0.2, 0) is 19.1 Å². The Hall–Kier alpha value is -1.94. The van der Waals surface area contributed by atoms with Crippen molar-refractivity contribution in [1.29, 1.82) is 0 Å². The van der Waals surface area contributed by atoms with Crippen LogP contribution in [0.25, 0.3) is 0 Å². The summed E-state index contributed by atoms with van der Waals surface area (Å²) in [5, 5.41) is 8.14. The van der Waals surface area contributed by atoms with Gasteiger partial charge in [-0.1, -0.05) is 0 Å². The molecular formula is C18H25N3O4. The average Bonchev–Trinajstić information content (AvgIpc) is 3.04. The summed E-state index contributed by atoms with van der Waals surface area (Å²) in [6.45, 7) is 2.41. The van der Waals surface area contributed by atoms with E-state index in [4.69, 9.17) is 15.9 Å². The summed E-state index contributed by atoms with van der Waals surface area (Å²) in [5.41, 5.74) is -0.442. The lowest BCUT2D eigenvalue weighted by molar-refractivity contribution is -0.146. The maximum Gasteiger partial charge on any atom is 0.310 e. The van der Waals surface area contributed by atoms with E-state index in [2.05, 4.69) is 16.1 Å². The smallest absolute Gasteiger partial charge is 0.310 e. The van der Waals surface area contributed by atoms with Crippen molar-refractivity contribution < 1.29 is 19.1 Å². The molecule has 0 saturated carbocycles. The molecule has 0 aromatic heterocycles. The summed E-state index contributed by atoms with van der Waals surface area (Å²) in [5.74, 6) is 2.58. The number of methoxy groups -OCH3 is 1. The SMILES string of the molecule is C#CCCC1(CCC(=O)N2C[C@@H](C(=O)OC)[C@H](C3CCOC3)C2)N=N1. The van der Waals surface area contributed by atoms with Crippen LogP contribution >= 0.6 is 0 Å². The first kappa shape index (κ1) is 17.9. The topological polar surface area (TPSA) is 80.6 Å². The van der Waals surface area contributed by atoms with Gasteiger partial charge in [-0.15, -0.1) is 12.3 Å². The third-order valence-corrected chi connectivity index (χ3v) is 5.58. The second-order valence-corrected chi connectivity index (χ2v) is 7.10. The van der Waals surface area contributed by atoms with Crippen molar-refractivity contribution in [1.82, 2.24) is 4.90 Å². The van der Waals surface area contributed by atoms with E-state index in [-0.39, 0.29) is 23.7 Å². The number of hydrogen-bond acceptors (Lipinski definition) is 6. The maximum absolute atomic E-state index is 12.6. The van der Waals surface area contributed by atoms with Gasteiger partial charge in [0.2, 0.25) is 5.91 Å². The molecule has 2 fully saturated rings. The molecule has 0 aromatic carbocycles. The van der Waals surface area contributed by atoms with E-state index >= 15 is 0 Å². The Bertz CT molecular complexity index is 586. The minimum absolute atomic E-state index is 0.0488. The molecule has 0 aliphatic carbocycles. The van der Waals surface area contributed by atoms with Crippen LogP contribution in [0.15, 0.2) is 10.2 Å². The number of terminal acetylenes is 1. The standard InChI is InChI=1S/C18H25N3O4/c1-3-4-7-18(19-20-18)8-5-16(22)21-10-14(13-6-9-25-12-13)15(11-21)17(23)24-2/h1,13-15H,4-12H2,2H3/t13?,14-,15+/m0/s1. The number of nitrogens with zero attached hydrogens (tertiary/aromatic N) is 3. The summed E-state index contributed by atoms with van der Waals surface area (Å²) in [7, 11) is 1.40. The van der Waals surface area contributed by atoms with Gasteiger partial charge in [0, 0.05) is 52.0 Å². The fourth-order valence-corrected chi connectivity index (χ4v) is 3.93. The van der Waals surface area contributed by atoms with Crippen LogP contribution in [0.5, 0.6) is 0 Å². The molecule has 3 aliphatic heterocycles. The third kappa shape index (κ3) is 4.01. The molecule has 136 valence electrons. The summed E-state index contributed by atoms with van der Waals surface area (Å²) >= 11 is 0. The summed E-state index contributed by atoms with van der Waals surface area (Å²) in [4.78, 5) is 26.6. The summed E-state index contributed by atoms with van der Waals surface area (Å²) in [6, 6.07) is 0. The Morgan fingerprint density at radius 1 is 1.36 bits per heavy atom. The van der Waals surface area contributed by atoms with Crippen molar-refractivity contribution in [3.63, 3.8) is 0 Å². The molecule has 0 N–H and O–H groups in total. The van der Waals surface area contributed by atoms with Gasteiger partial charge >= 0.3 is 5.97 Å². The highest BCUT2D eigenvalue weighted by molar-refractivity contribution is 5.79. The molecule has 0 aromatic rings. The molecule has 3 heterocycles. The number of esters is 1. The van der Waals surface area contributed by atoms with Crippen molar-refractivity contribution in [3.05, 3.63) is 0 Å². The minimum atomic E-state index is -0.442. The van der Waals surface area contributed by atoms with Gasteiger partial charge in [-0.05, 0) is 18.3 Å². The van der Waals surface area contributed by atoms with Crippen molar-refractivity contribution in [2.24, 2.45) is 28.0 Å². The lowest BCUT2D eigenvalue weighted by Crippen LogP contribution is -2.31. The van der Waals surface area contributed by atoms with Crippen molar-refractivity contribution in [2.75, 3.05) is 33.4 Å². The van der Waals surface area contributed by atoms with Gasteiger partial charge in [0.05, 0.1) is 13.0 Å². The Kier molecular flexibility index (Phi) is 5.38. The highest BCUT2D eigenvalue weighted by Gasteiger charge is 2.46. The monoisotopic (exact) mass is 347 g/mol. The molecule has 1 amide bonds. The Morgan fingerprint density at radius 3 is 2.76 bits per heavy atom. The van der Waals surface area contributed by atoms with Crippen molar-refractivity contribution >= 4 is 11.9 Å². The van der Waals surface area contributed by atoms with Gasteiger partial charge in [0.1, 0.15) is 0 Å². The van der Waals surface area contributed by atoms with E-state index in [1.165, 1.54) is 7.11 Å². The number of carbonyl (C=O) groups excluding carboxylic acids is 2. The van der Waals surface area contributed by atoms with Gasteiger partial charge in [-0.2, -0.15) is 10.2 Å². The predicted molar refractivity (Wildman–Crippen MR) is 89.4 cm³/mol. The highest BCUT2D eigenvalue weighted by atomic mass is 16.5. The number of hydrogen-bond donors (Lipinski definition) is 0. The summed E-state index contributed by atoms with van der Waals surface area (Å²) in [6.07, 6.45) is 8.50. The molecule has 0 radical (unpaired) electrons. The minimum Gasteiger partial charge on any atom is -0.469 e. The molecular weight excluding hydrogens is 322 g/mol. The Morgan fingerprint density at radius 2 is 2.16 bits per heavy atom. The van der Waals surface area contributed by atoms with Gasteiger partial charge < -0.3 is 14.4 Å². The molecule has 7 nitrogen and oxygen atoms in total. The van der Waals surface area contributed by atoms with Crippen molar-refractivity contribution in [2.45, 2.75) is 37.8 Å². The van der Waals surface area contributed by atoms with Crippen LogP contribution in [0, 0.1) is 30.1 Å². The number of carbonyl (C=O) groups is 2.